The van der Waals surface area contributed by atoms with Gasteiger partial charge in [0.2, 0.25) is 0 Å². The monoisotopic (exact) mass is 260 g/mol. The number of nitrogens with one attached hydrogen (secondary N) is 1. The minimum atomic E-state index is 0.0418. The molecule has 3 heteroatoms. The van der Waals surface area contributed by atoms with Crippen LogP contribution in [0.15, 0.2) is 18.2 Å². The van der Waals surface area contributed by atoms with Gasteiger partial charge in [0.25, 0.3) is 5.91 Å². The zero-order valence-electron chi connectivity index (χ0n) is 11.9. The number of hydrogen-bond donors (Lipinski definition) is 2. The molecule has 1 amide bonds. The molecule has 3 nitrogen and oxygen atoms in total. The van der Waals surface area contributed by atoms with E-state index in [1.165, 1.54) is 24.8 Å². The SMILES string of the molecule is Cc1ccc(C(=O)NCC2CCCC2CN)c(C)c1. The first kappa shape index (κ1) is 14.1. The van der Waals surface area contributed by atoms with Crippen LogP contribution in [0.1, 0.15) is 40.7 Å². The van der Waals surface area contributed by atoms with Crippen molar-refractivity contribution in [3.8, 4) is 0 Å². The van der Waals surface area contributed by atoms with Gasteiger partial charge in [0.1, 0.15) is 0 Å². The predicted octanol–water partition coefficient (Wildman–Crippen LogP) is 2.41. The normalized spacial score (nSPS) is 22.5. The minimum absolute atomic E-state index is 0.0418. The first-order valence-electron chi connectivity index (χ1n) is 7.17. The van der Waals surface area contributed by atoms with Crippen LogP contribution in [0.3, 0.4) is 0 Å². The maximum atomic E-state index is 12.2. The standard InChI is InChI=1S/C16H24N2O/c1-11-6-7-15(12(2)8-11)16(19)18-10-14-5-3-4-13(14)9-17/h6-8,13-14H,3-5,9-10,17H2,1-2H3,(H,18,19). The summed E-state index contributed by atoms with van der Waals surface area (Å²) in [6, 6.07) is 5.95. The molecule has 1 aromatic rings. The lowest BCUT2D eigenvalue weighted by molar-refractivity contribution is 0.0943. The summed E-state index contributed by atoms with van der Waals surface area (Å²) < 4.78 is 0. The van der Waals surface area contributed by atoms with Gasteiger partial charge < -0.3 is 11.1 Å². The second kappa shape index (κ2) is 6.20. The number of amides is 1. The summed E-state index contributed by atoms with van der Waals surface area (Å²) in [4.78, 5) is 12.2. The Morgan fingerprint density at radius 2 is 2.05 bits per heavy atom. The van der Waals surface area contributed by atoms with Crippen molar-refractivity contribution < 1.29 is 4.79 Å². The van der Waals surface area contributed by atoms with Crippen LogP contribution in [0.2, 0.25) is 0 Å². The van der Waals surface area contributed by atoms with Crippen molar-refractivity contribution in [2.75, 3.05) is 13.1 Å². The Morgan fingerprint density at radius 3 is 2.74 bits per heavy atom. The fraction of sp³-hybridized carbons (Fsp3) is 0.562. The van der Waals surface area contributed by atoms with Crippen molar-refractivity contribution in [1.82, 2.24) is 5.32 Å². The molecule has 104 valence electrons. The fourth-order valence-electron chi connectivity index (χ4n) is 3.08. The van der Waals surface area contributed by atoms with Gasteiger partial charge in [-0.15, -0.1) is 0 Å². The third kappa shape index (κ3) is 3.35. The molecule has 3 N–H and O–H groups in total. The molecule has 0 saturated heterocycles. The number of nitrogens with two attached hydrogens (primary N) is 1. The molecule has 0 heterocycles. The van der Waals surface area contributed by atoms with Gasteiger partial charge in [0.05, 0.1) is 0 Å². The lowest BCUT2D eigenvalue weighted by Crippen LogP contribution is -2.33. The fourth-order valence-corrected chi connectivity index (χ4v) is 3.08. The summed E-state index contributed by atoms with van der Waals surface area (Å²) in [6.45, 7) is 5.53. The predicted molar refractivity (Wildman–Crippen MR) is 78.1 cm³/mol. The smallest absolute Gasteiger partial charge is 0.251 e. The van der Waals surface area contributed by atoms with Gasteiger partial charge in [-0.3, -0.25) is 4.79 Å². The van der Waals surface area contributed by atoms with Crippen LogP contribution in [0.4, 0.5) is 0 Å². The van der Waals surface area contributed by atoms with E-state index in [4.69, 9.17) is 5.73 Å². The summed E-state index contributed by atoms with van der Waals surface area (Å²) in [7, 11) is 0. The molecule has 1 aliphatic rings. The molecule has 2 atom stereocenters. The van der Waals surface area contributed by atoms with Crippen molar-refractivity contribution in [3.05, 3.63) is 34.9 Å². The Kier molecular flexibility index (Phi) is 4.59. The largest absolute Gasteiger partial charge is 0.352 e. The molecule has 1 aromatic carbocycles. The van der Waals surface area contributed by atoms with Gasteiger partial charge in [-0.2, -0.15) is 0 Å². The maximum absolute atomic E-state index is 12.2. The zero-order valence-corrected chi connectivity index (χ0v) is 11.9. The molecule has 0 bridgehead atoms. The van der Waals surface area contributed by atoms with E-state index in [2.05, 4.69) is 5.32 Å². The van der Waals surface area contributed by atoms with Crippen LogP contribution in [-0.4, -0.2) is 19.0 Å². The van der Waals surface area contributed by atoms with Crippen LogP contribution in [0.25, 0.3) is 0 Å². The lowest BCUT2D eigenvalue weighted by atomic mass is 9.96. The van der Waals surface area contributed by atoms with Gasteiger partial charge in [-0.1, -0.05) is 24.1 Å². The quantitative estimate of drug-likeness (QED) is 0.873. The summed E-state index contributed by atoms with van der Waals surface area (Å²) in [5.74, 6) is 1.18. The molecule has 0 spiro atoms. The van der Waals surface area contributed by atoms with Gasteiger partial charge in [0, 0.05) is 12.1 Å². The van der Waals surface area contributed by atoms with Crippen molar-refractivity contribution in [2.45, 2.75) is 33.1 Å². The highest BCUT2D eigenvalue weighted by Crippen LogP contribution is 2.30. The Labute approximate surface area is 115 Å². The average Bonchev–Trinajstić information content (AvgIpc) is 2.83. The molecule has 1 aliphatic carbocycles. The number of carbonyl (C=O) groups is 1. The number of benzene rings is 1. The Hall–Kier alpha value is -1.35. The van der Waals surface area contributed by atoms with Gasteiger partial charge in [-0.05, 0) is 56.7 Å². The summed E-state index contributed by atoms with van der Waals surface area (Å²) >= 11 is 0. The van der Waals surface area contributed by atoms with E-state index in [0.717, 1.165) is 24.2 Å². The van der Waals surface area contributed by atoms with E-state index in [9.17, 15) is 4.79 Å². The molecule has 1 saturated carbocycles. The topological polar surface area (TPSA) is 55.1 Å². The van der Waals surface area contributed by atoms with Gasteiger partial charge >= 0.3 is 0 Å². The maximum Gasteiger partial charge on any atom is 0.251 e. The molecule has 2 unspecified atom stereocenters. The van der Waals surface area contributed by atoms with Crippen LogP contribution >= 0.6 is 0 Å². The van der Waals surface area contributed by atoms with E-state index in [-0.39, 0.29) is 5.91 Å². The third-order valence-corrected chi connectivity index (χ3v) is 4.27. The molecule has 0 radical (unpaired) electrons. The number of carbonyl (C=O) groups excluding carboxylic acids is 1. The number of aryl methyl sites for hydroxylation is 2. The van der Waals surface area contributed by atoms with Crippen LogP contribution in [0.5, 0.6) is 0 Å². The minimum Gasteiger partial charge on any atom is -0.352 e. The molecule has 0 aliphatic heterocycles. The first-order valence-corrected chi connectivity index (χ1v) is 7.17. The van der Waals surface area contributed by atoms with Crippen molar-refractivity contribution >= 4 is 5.91 Å². The number of hydrogen-bond acceptors (Lipinski definition) is 2. The Bertz CT molecular complexity index is 456. The van der Waals surface area contributed by atoms with E-state index in [1.807, 2.05) is 32.0 Å². The van der Waals surface area contributed by atoms with E-state index in [1.54, 1.807) is 0 Å². The van der Waals surface area contributed by atoms with Crippen LogP contribution in [0, 0.1) is 25.7 Å². The number of rotatable bonds is 4. The molecule has 1 fully saturated rings. The highest BCUT2D eigenvalue weighted by molar-refractivity contribution is 5.95. The van der Waals surface area contributed by atoms with E-state index < -0.39 is 0 Å². The first-order chi connectivity index (χ1) is 9.11. The van der Waals surface area contributed by atoms with Crippen LogP contribution < -0.4 is 11.1 Å². The van der Waals surface area contributed by atoms with Crippen molar-refractivity contribution in [3.63, 3.8) is 0 Å². The summed E-state index contributed by atoms with van der Waals surface area (Å²) in [6.07, 6.45) is 3.64. The Morgan fingerprint density at radius 1 is 1.32 bits per heavy atom. The summed E-state index contributed by atoms with van der Waals surface area (Å²) in [5, 5.41) is 3.07. The molecule has 2 rings (SSSR count). The highest BCUT2D eigenvalue weighted by Gasteiger charge is 2.26. The lowest BCUT2D eigenvalue weighted by Gasteiger charge is -2.18. The van der Waals surface area contributed by atoms with Gasteiger partial charge in [0.15, 0.2) is 0 Å². The van der Waals surface area contributed by atoms with E-state index >= 15 is 0 Å². The molecule has 19 heavy (non-hydrogen) atoms. The molecular formula is C16H24N2O. The highest BCUT2D eigenvalue weighted by atomic mass is 16.1. The van der Waals surface area contributed by atoms with Crippen molar-refractivity contribution in [2.24, 2.45) is 17.6 Å². The van der Waals surface area contributed by atoms with Crippen LogP contribution in [-0.2, 0) is 0 Å². The summed E-state index contributed by atoms with van der Waals surface area (Å²) in [5.41, 5.74) is 8.78. The Balaban J connectivity index is 1.94. The third-order valence-electron chi connectivity index (χ3n) is 4.27. The van der Waals surface area contributed by atoms with E-state index in [0.29, 0.717) is 11.8 Å². The molecule has 0 aromatic heterocycles. The van der Waals surface area contributed by atoms with Gasteiger partial charge in [-0.25, -0.2) is 0 Å². The van der Waals surface area contributed by atoms with Crippen molar-refractivity contribution in [1.29, 1.82) is 0 Å². The second-order valence-electron chi connectivity index (χ2n) is 5.72. The second-order valence-corrected chi connectivity index (χ2v) is 5.72. The molecular weight excluding hydrogens is 236 g/mol. The zero-order chi connectivity index (χ0) is 13.8. The average molecular weight is 260 g/mol.